The number of carboxylic acid groups (broad SMARTS) is 1. The van der Waals surface area contributed by atoms with Crippen LogP contribution in [0.1, 0.15) is 18.9 Å². The van der Waals surface area contributed by atoms with Gasteiger partial charge in [-0.3, -0.25) is 9.00 Å². The minimum absolute atomic E-state index is 0.0152. The van der Waals surface area contributed by atoms with Crippen LogP contribution in [0.25, 0.3) is 0 Å². The van der Waals surface area contributed by atoms with Gasteiger partial charge in [0, 0.05) is 10.1 Å². The van der Waals surface area contributed by atoms with Crippen LogP contribution < -0.4 is 0 Å². The average Bonchev–Trinajstić information content (AvgIpc) is 2.26. The molecule has 0 saturated carbocycles. The monoisotopic (exact) mass is 280 g/mol. The van der Waals surface area contributed by atoms with E-state index in [0.717, 1.165) is 18.2 Å². The zero-order chi connectivity index (χ0) is 13.9. The highest BCUT2D eigenvalue weighted by Gasteiger charge is 2.31. The Labute approximate surface area is 104 Å². The third-order valence-corrected chi connectivity index (χ3v) is 3.84. The van der Waals surface area contributed by atoms with E-state index in [1.54, 1.807) is 0 Å². The molecule has 0 radical (unpaired) electrons. The summed E-state index contributed by atoms with van der Waals surface area (Å²) in [5.41, 5.74) is -0.893. The third kappa shape index (κ3) is 3.83. The summed E-state index contributed by atoms with van der Waals surface area (Å²) in [5, 5.41) is 7.80. The molecule has 3 nitrogen and oxygen atoms in total. The van der Waals surface area contributed by atoms with Crippen molar-refractivity contribution in [2.75, 3.05) is 0 Å². The maximum absolute atomic E-state index is 12.4. The molecule has 1 N–H and O–H groups in total. The highest BCUT2D eigenvalue weighted by Crippen LogP contribution is 2.30. The quantitative estimate of drug-likeness (QED) is 0.922. The molecule has 100 valence electrons. The third-order valence-electron chi connectivity index (χ3n) is 2.22. The van der Waals surface area contributed by atoms with Crippen LogP contribution in [0.5, 0.6) is 0 Å². The van der Waals surface area contributed by atoms with Crippen LogP contribution in [0.4, 0.5) is 13.2 Å². The van der Waals surface area contributed by atoms with Gasteiger partial charge in [-0.1, -0.05) is 6.07 Å². The normalized spacial score (nSPS) is 15.1. The van der Waals surface area contributed by atoms with Crippen molar-refractivity contribution < 1.29 is 27.3 Å². The van der Waals surface area contributed by atoms with Crippen LogP contribution in [-0.2, 0) is 21.8 Å². The Morgan fingerprint density at radius 1 is 1.44 bits per heavy atom. The topological polar surface area (TPSA) is 54.4 Å². The number of rotatable bonds is 4. The highest BCUT2D eigenvalue weighted by molar-refractivity contribution is 7.85. The predicted molar refractivity (Wildman–Crippen MR) is 59.6 cm³/mol. The van der Waals surface area contributed by atoms with Crippen molar-refractivity contribution in [2.24, 2.45) is 0 Å². The zero-order valence-corrected chi connectivity index (χ0v) is 10.2. The van der Waals surface area contributed by atoms with E-state index < -0.39 is 33.8 Å². The van der Waals surface area contributed by atoms with E-state index in [-0.39, 0.29) is 11.3 Å². The molecule has 1 aromatic rings. The average molecular weight is 280 g/mol. The fraction of sp³-hybridized carbons (Fsp3) is 0.364. The van der Waals surface area contributed by atoms with Crippen molar-refractivity contribution in [3.63, 3.8) is 0 Å². The van der Waals surface area contributed by atoms with E-state index in [1.165, 1.54) is 13.0 Å². The van der Waals surface area contributed by atoms with Gasteiger partial charge >= 0.3 is 12.1 Å². The molecule has 1 aromatic carbocycles. The number of halogens is 3. The molecule has 0 aromatic heterocycles. The number of benzene rings is 1. The molecule has 7 heteroatoms. The SMILES string of the molecule is CC(CC(=O)O)S(=O)c1cccc(C(F)(F)F)c1. The molecule has 18 heavy (non-hydrogen) atoms. The summed E-state index contributed by atoms with van der Waals surface area (Å²) < 4.78 is 49.2. The van der Waals surface area contributed by atoms with Crippen molar-refractivity contribution in [3.05, 3.63) is 29.8 Å². The predicted octanol–water partition coefficient (Wildman–Crippen LogP) is 2.68. The lowest BCUT2D eigenvalue weighted by molar-refractivity contribution is -0.138. The Kier molecular flexibility index (Phi) is 4.50. The molecule has 2 unspecified atom stereocenters. The minimum atomic E-state index is -4.50. The second-order valence-electron chi connectivity index (χ2n) is 3.73. The van der Waals surface area contributed by atoms with E-state index >= 15 is 0 Å². The van der Waals surface area contributed by atoms with Gasteiger partial charge < -0.3 is 5.11 Å². The Bertz CT molecular complexity index is 471. The van der Waals surface area contributed by atoms with Crippen LogP contribution in [0.15, 0.2) is 29.2 Å². The summed E-state index contributed by atoms with van der Waals surface area (Å²) in [5.74, 6) is -1.14. The molecule has 0 fully saturated rings. The van der Waals surface area contributed by atoms with Crippen molar-refractivity contribution in [3.8, 4) is 0 Å². The van der Waals surface area contributed by atoms with Gasteiger partial charge in [-0.05, 0) is 25.1 Å². The van der Waals surface area contributed by atoms with E-state index in [0.29, 0.717) is 0 Å². The number of hydrogen-bond acceptors (Lipinski definition) is 2. The summed E-state index contributed by atoms with van der Waals surface area (Å²) in [6, 6.07) is 4.12. The number of carboxylic acids is 1. The van der Waals surface area contributed by atoms with Crippen molar-refractivity contribution in [2.45, 2.75) is 29.7 Å². The van der Waals surface area contributed by atoms with E-state index in [2.05, 4.69) is 0 Å². The summed E-state index contributed by atoms with van der Waals surface area (Å²) in [6.07, 6.45) is -4.86. The molecular weight excluding hydrogens is 269 g/mol. The lowest BCUT2D eigenvalue weighted by atomic mass is 10.2. The van der Waals surface area contributed by atoms with Gasteiger partial charge in [0.25, 0.3) is 0 Å². The molecule has 0 bridgehead atoms. The lowest BCUT2D eigenvalue weighted by Crippen LogP contribution is -2.16. The molecule has 0 aliphatic carbocycles. The summed E-state index contributed by atoms with van der Waals surface area (Å²) in [4.78, 5) is 10.4. The Morgan fingerprint density at radius 2 is 2.06 bits per heavy atom. The summed E-state index contributed by atoms with van der Waals surface area (Å²) in [6.45, 7) is 1.42. The van der Waals surface area contributed by atoms with Gasteiger partial charge in [0.15, 0.2) is 0 Å². The smallest absolute Gasteiger partial charge is 0.416 e. The van der Waals surface area contributed by atoms with Gasteiger partial charge in [-0.2, -0.15) is 13.2 Å². The van der Waals surface area contributed by atoms with Crippen LogP contribution >= 0.6 is 0 Å². The molecule has 2 atom stereocenters. The zero-order valence-electron chi connectivity index (χ0n) is 9.40. The number of hydrogen-bond donors (Lipinski definition) is 1. The van der Waals surface area contributed by atoms with Gasteiger partial charge in [0.2, 0.25) is 0 Å². The second kappa shape index (κ2) is 5.51. The van der Waals surface area contributed by atoms with Gasteiger partial charge in [-0.25, -0.2) is 0 Å². The molecule has 0 saturated heterocycles. The first-order chi connectivity index (χ1) is 8.21. The van der Waals surface area contributed by atoms with E-state index in [1.807, 2.05) is 0 Å². The minimum Gasteiger partial charge on any atom is -0.481 e. The first-order valence-electron chi connectivity index (χ1n) is 5.01. The lowest BCUT2D eigenvalue weighted by Gasteiger charge is -2.11. The van der Waals surface area contributed by atoms with Crippen LogP contribution in [0.2, 0.25) is 0 Å². The molecule has 0 aliphatic heterocycles. The Balaban J connectivity index is 2.97. The standard InChI is InChI=1S/C11H11F3O3S/c1-7(5-10(15)16)18(17)9-4-2-3-8(6-9)11(12,13)14/h2-4,6-7H,5H2,1H3,(H,15,16). The first-order valence-corrected chi connectivity index (χ1v) is 6.22. The summed E-state index contributed by atoms with van der Waals surface area (Å²) in [7, 11) is -1.77. The van der Waals surface area contributed by atoms with Crippen LogP contribution in [0.3, 0.4) is 0 Å². The number of aliphatic carboxylic acids is 1. The molecule has 0 heterocycles. The molecule has 0 amide bonds. The fourth-order valence-corrected chi connectivity index (χ4v) is 2.57. The Hall–Kier alpha value is -1.37. The molecular formula is C11H11F3O3S. The van der Waals surface area contributed by atoms with Crippen LogP contribution in [0, 0.1) is 0 Å². The van der Waals surface area contributed by atoms with Gasteiger partial charge in [0.05, 0.1) is 22.8 Å². The molecule has 0 spiro atoms. The Morgan fingerprint density at radius 3 is 2.56 bits per heavy atom. The maximum atomic E-state index is 12.4. The van der Waals surface area contributed by atoms with Gasteiger partial charge in [0.1, 0.15) is 0 Å². The van der Waals surface area contributed by atoms with Crippen molar-refractivity contribution >= 4 is 16.8 Å². The summed E-state index contributed by atoms with van der Waals surface area (Å²) >= 11 is 0. The highest BCUT2D eigenvalue weighted by atomic mass is 32.2. The van der Waals surface area contributed by atoms with Crippen molar-refractivity contribution in [1.82, 2.24) is 0 Å². The largest absolute Gasteiger partial charge is 0.481 e. The second-order valence-corrected chi connectivity index (χ2v) is 5.60. The van der Waals surface area contributed by atoms with E-state index in [9.17, 15) is 22.2 Å². The van der Waals surface area contributed by atoms with Gasteiger partial charge in [-0.15, -0.1) is 0 Å². The maximum Gasteiger partial charge on any atom is 0.416 e. The van der Waals surface area contributed by atoms with Crippen LogP contribution in [-0.4, -0.2) is 20.5 Å². The molecule has 0 aliphatic rings. The molecule has 1 rings (SSSR count). The number of carbonyl (C=O) groups is 1. The first kappa shape index (κ1) is 14.7. The number of alkyl halides is 3. The van der Waals surface area contributed by atoms with Crippen molar-refractivity contribution in [1.29, 1.82) is 0 Å². The fourth-order valence-electron chi connectivity index (χ4n) is 1.35. The van der Waals surface area contributed by atoms with E-state index in [4.69, 9.17) is 5.11 Å².